The Hall–Kier alpha value is -2.47. The van der Waals surface area contributed by atoms with Gasteiger partial charge in [-0.1, -0.05) is 36.7 Å². The van der Waals surface area contributed by atoms with Crippen molar-refractivity contribution in [2.75, 3.05) is 0 Å². The minimum Gasteiger partial charge on any atom is -0.293 e. The van der Waals surface area contributed by atoms with E-state index >= 15 is 0 Å². The van der Waals surface area contributed by atoms with E-state index in [0.717, 1.165) is 25.7 Å². The normalized spacial score (nSPS) is 15.8. The van der Waals surface area contributed by atoms with Crippen LogP contribution in [0.1, 0.15) is 49.0 Å². The molecule has 4 nitrogen and oxygen atoms in total. The lowest BCUT2D eigenvalue weighted by atomic mass is 10.1. The highest BCUT2D eigenvalue weighted by molar-refractivity contribution is 8.00. The van der Waals surface area contributed by atoms with E-state index in [4.69, 9.17) is 4.98 Å². The third-order valence-electron chi connectivity index (χ3n) is 5.25. The molecule has 1 fully saturated rings. The van der Waals surface area contributed by atoms with Gasteiger partial charge in [0.1, 0.15) is 5.82 Å². The number of carbonyl (C=O) groups excluding carboxylic acids is 1. The maximum Gasteiger partial charge on any atom is 0.262 e. The monoisotopic (exact) mass is 396 g/mol. The van der Waals surface area contributed by atoms with E-state index in [9.17, 15) is 14.0 Å². The number of halogens is 1. The van der Waals surface area contributed by atoms with E-state index < -0.39 is 5.25 Å². The summed E-state index contributed by atoms with van der Waals surface area (Å²) in [5.41, 5.74) is 1.06. The lowest BCUT2D eigenvalue weighted by molar-refractivity contribution is 0.0993. The molecule has 28 heavy (non-hydrogen) atoms. The number of carbonyl (C=O) groups is 1. The fourth-order valence-corrected chi connectivity index (χ4v) is 4.81. The Labute approximate surface area is 166 Å². The van der Waals surface area contributed by atoms with Crippen molar-refractivity contribution in [3.8, 4) is 0 Å². The number of thioether (sulfide) groups is 1. The Morgan fingerprint density at radius 1 is 1.14 bits per heavy atom. The number of Topliss-reactive ketones (excluding diaryl/α,β-unsaturated/α-hetero) is 1. The number of para-hydroxylation sites is 1. The van der Waals surface area contributed by atoms with Crippen LogP contribution in [0.15, 0.2) is 58.5 Å². The molecule has 144 valence electrons. The maximum atomic E-state index is 13.2. The predicted octanol–water partition coefficient (Wildman–Crippen LogP) is 5.01. The van der Waals surface area contributed by atoms with Gasteiger partial charge < -0.3 is 0 Å². The van der Waals surface area contributed by atoms with Gasteiger partial charge >= 0.3 is 0 Å². The summed E-state index contributed by atoms with van der Waals surface area (Å²) in [6.45, 7) is 1.80. The van der Waals surface area contributed by atoms with Crippen LogP contribution >= 0.6 is 11.8 Å². The second kappa shape index (κ2) is 7.87. The van der Waals surface area contributed by atoms with Crippen molar-refractivity contribution in [2.24, 2.45) is 0 Å². The van der Waals surface area contributed by atoms with Crippen molar-refractivity contribution in [3.05, 3.63) is 70.3 Å². The van der Waals surface area contributed by atoms with Crippen molar-refractivity contribution in [1.29, 1.82) is 0 Å². The quantitative estimate of drug-likeness (QED) is 0.345. The zero-order valence-corrected chi connectivity index (χ0v) is 16.4. The average molecular weight is 396 g/mol. The van der Waals surface area contributed by atoms with Crippen molar-refractivity contribution < 1.29 is 9.18 Å². The molecule has 6 heteroatoms. The number of aromatic nitrogens is 2. The summed E-state index contributed by atoms with van der Waals surface area (Å²) >= 11 is 1.30. The molecule has 1 atom stereocenters. The molecule has 0 radical (unpaired) electrons. The zero-order chi connectivity index (χ0) is 19.7. The summed E-state index contributed by atoms with van der Waals surface area (Å²) in [4.78, 5) is 30.7. The Morgan fingerprint density at radius 3 is 2.54 bits per heavy atom. The minimum absolute atomic E-state index is 0.0403. The van der Waals surface area contributed by atoms with Gasteiger partial charge in [-0.25, -0.2) is 9.37 Å². The Bertz CT molecular complexity index is 1070. The number of hydrogen-bond donors (Lipinski definition) is 0. The van der Waals surface area contributed by atoms with Gasteiger partial charge in [0.15, 0.2) is 10.9 Å². The summed E-state index contributed by atoms with van der Waals surface area (Å²) in [7, 11) is 0. The summed E-state index contributed by atoms with van der Waals surface area (Å²) in [5, 5.41) is 0.751. The molecule has 1 aliphatic carbocycles. The van der Waals surface area contributed by atoms with Gasteiger partial charge in [0.05, 0.1) is 16.2 Å². The molecule has 3 aromatic rings. The molecule has 0 saturated heterocycles. The first-order valence-corrected chi connectivity index (χ1v) is 10.4. The van der Waals surface area contributed by atoms with Gasteiger partial charge in [0, 0.05) is 11.6 Å². The van der Waals surface area contributed by atoms with Crippen molar-refractivity contribution in [1.82, 2.24) is 9.55 Å². The number of nitrogens with zero attached hydrogens (tertiary/aromatic N) is 2. The molecule has 0 N–H and O–H groups in total. The van der Waals surface area contributed by atoms with Gasteiger partial charge in [-0.2, -0.15) is 0 Å². The molecular formula is C22H21FN2O2S. The Morgan fingerprint density at radius 2 is 1.82 bits per heavy atom. The fourth-order valence-electron chi connectivity index (χ4n) is 3.75. The zero-order valence-electron chi connectivity index (χ0n) is 15.6. The molecule has 1 aliphatic rings. The molecule has 4 rings (SSSR count). The Kier molecular flexibility index (Phi) is 5.31. The topological polar surface area (TPSA) is 52.0 Å². The summed E-state index contributed by atoms with van der Waals surface area (Å²) in [5.74, 6) is -0.478. The number of fused-ring (bicyclic) bond motifs is 1. The fraction of sp³-hybridized carbons (Fsp3) is 0.318. The number of benzene rings is 2. The average Bonchev–Trinajstić information content (AvgIpc) is 3.22. The first kappa shape index (κ1) is 18.9. The van der Waals surface area contributed by atoms with Crippen LogP contribution in [0.5, 0.6) is 0 Å². The molecular weight excluding hydrogens is 375 g/mol. The van der Waals surface area contributed by atoms with Crippen LogP contribution in [0.4, 0.5) is 4.39 Å². The number of hydrogen-bond acceptors (Lipinski definition) is 4. The van der Waals surface area contributed by atoms with Crippen LogP contribution in [-0.2, 0) is 0 Å². The molecule has 2 aromatic carbocycles. The highest BCUT2D eigenvalue weighted by Crippen LogP contribution is 2.33. The molecule has 0 aliphatic heterocycles. The highest BCUT2D eigenvalue weighted by atomic mass is 32.2. The number of rotatable bonds is 5. The molecule has 0 spiro atoms. The van der Waals surface area contributed by atoms with Crippen LogP contribution in [0.3, 0.4) is 0 Å². The van der Waals surface area contributed by atoms with Gasteiger partial charge in [-0.15, -0.1) is 0 Å². The SMILES string of the molecule is CC(Sc1nc2ccccc2c(=O)n1C1CCCC1)C(=O)c1ccc(F)cc1. The van der Waals surface area contributed by atoms with E-state index in [-0.39, 0.29) is 23.2 Å². The van der Waals surface area contributed by atoms with Crippen molar-refractivity contribution in [3.63, 3.8) is 0 Å². The van der Waals surface area contributed by atoms with Crippen LogP contribution < -0.4 is 5.56 Å². The second-order valence-electron chi connectivity index (χ2n) is 7.16. The third-order valence-corrected chi connectivity index (χ3v) is 6.31. The van der Waals surface area contributed by atoms with Gasteiger partial charge in [-0.05, 0) is 56.2 Å². The molecule has 1 heterocycles. The third kappa shape index (κ3) is 3.61. The molecule has 0 amide bonds. The molecule has 0 bridgehead atoms. The van der Waals surface area contributed by atoms with Crippen LogP contribution in [-0.4, -0.2) is 20.6 Å². The smallest absolute Gasteiger partial charge is 0.262 e. The van der Waals surface area contributed by atoms with Crippen LogP contribution in [0, 0.1) is 5.82 Å². The standard InChI is InChI=1S/C22H21FN2O2S/c1-14(20(26)15-10-12-16(23)13-11-15)28-22-24-19-9-5-4-8-18(19)21(27)25(22)17-6-2-3-7-17/h4-5,8-14,17H,2-3,6-7H2,1H3. The number of ketones is 1. The highest BCUT2D eigenvalue weighted by Gasteiger charge is 2.26. The largest absolute Gasteiger partial charge is 0.293 e. The lowest BCUT2D eigenvalue weighted by Crippen LogP contribution is -2.27. The van der Waals surface area contributed by atoms with Gasteiger partial charge in [0.25, 0.3) is 5.56 Å². The van der Waals surface area contributed by atoms with Crippen LogP contribution in [0.2, 0.25) is 0 Å². The summed E-state index contributed by atoms with van der Waals surface area (Å²) in [6, 6.07) is 13.0. The summed E-state index contributed by atoms with van der Waals surface area (Å²) in [6.07, 6.45) is 4.10. The summed E-state index contributed by atoms with van der Waals surface area (Å²) < 4.78 is 14.9. The van der Waals surface area contributed by atoms with E-state index in [1.807, 2.05) is 18.2 Å². The minimum atomic E-state index is -0.439. The van der Waals surface area contributed by atoms with Crippen molar-refractivity contribution >= 4 is 28.4 Å². The van der Waals surface area contributed by atoms with Crippen LogP contribution in [0.25, 0.3) is 10.9 Å². The second-order valence-corrected chi connectivity index (χ2v) is 8.46. The van der Waals surface area contributed by atoms with Gasteiger partial charge in [0.2, 0.25) is 0 Å². The predicted molar refractivity (Wildman–Crippen MR) is 110 cm³/mol. The molecule has 1 unspecified atom stereocenters. The van der Waals surface area contributed by atoms with E-state index in [1.165, 1.54) is 36.0 Å². The van der Waals surface area contributed by atoms with Crippen molar-refractivity contribution in [2.45, 2.75) is 49.1 Å². The van der Waals surface area contributed by atoms with E-state index in [0.29, 0.717) is 21.6 Å². The van der Waals surface area contributed by atoms with E-state index in [2.05, 4.69) is 0 Å². The molecule has 1 saturated carbocycles. The van der Waals surface area contributed by atoms with E-state index in [1.54, 1.807) is 17.6 Å². The maximum absolute atomic E-state index is 13.2. The first-order chi connectivity index (χ1) is 13.5. The first-order valence-electron chi connectivity index (χ1n) is 9.52. The Balaban J connectivity index is 1.72. The molecule has 1 aromatic heterocycles. The van der Waals surface area contributed by atoms with Gasteiger partial charge in [-0.3, -0.25) is 14.2 Å². The lowest BCUT2D eigenvalue weighted by Gasteiger charge is -2.20.